The van der Waals surface area contributed by atoms with Crippen molar-refractivity contribution < 1.29 is 10.2 Å². The molecule has 0 saturated carbocycles. The highest BCUT2D eigenvalue weighted by atomic mass is 16.3. The van der Waals surface area contributed by atoms with Crippen molar-refractivity contribution in [3.63, 3.8) is 0 Å². The molecule has 0 aliphatic rings. The Morgan fingerprint density at radius 2 is 2.00 bits per heavy atom. The Bertz CT molecular complexity index is 112. The molecule has 72 valence electrons. The predicted molar refractivity (Wildman–Crippen MR) is 50.9 cm³/mol. The lowest BCUT2D eigenvalue weighted by molar-refractivity contribution is 0.151. The van der Waals surface area contributed by atoms with Gasteiger partial charge >= 0.3 is 0 Å². The van der Waals surface area contributed by atoms with Crippen LogP contribution in [0.25, 0.3) is 0 Å². The number of rotatable bonds is 7. The first-order valence-corrected chi connectivity index (χ1v) is 4.58. The third kappa shape index (κ3) is 4.52. The van der Waals surface area contributed by atoms with Crippen LogP contribution in [0, 0.1) is 11.8 Å². The third-order valence-electron chi connectivity index (χ3n) is 2.37. The van der Waals surface area contributed by atoms with Crippen LogP contribution < -0.4 is 0 Å². The lowest BCUT2D eigenvalue weighted by Crippen LogP contribution is -2.16. The van der Waals surface area contributed by atoms with E-state index in [4.69, 9.17) is 10.2 Å². The van der Waals surface area contributed by atoms with Gasteiger partial charge in [-0.2, -0.15) is 0 Å². The molecule has 0 aliphatic heterocycles. The molecule has 0 aromatic rings. The zero-order chi connectivity index (χ0) is 9.40. The maximum Gasteiger partial charge on any atom is 0.0461 e. The number of aliphatic hydroxyl groups excluding tert-OH is 2. The highest BCUT2D eigenvalue weighted by molar-refractivity contribution is 4.72. The second-order valence-electron chi connectivity index (χ2n) is 3.30. The monoisotopic (exact) mass is 172 g/mol. The number of allylic oxidation sites excluding steroid dienone is 1. The van der Waals surface area contributed by atoms with Crippen LogP contribution in [-0.2, 0) is 0 Å². The standard InChI is InChI=1S/C10H20O2/c1-3-4-5-10(8-12)9(2)6-7-11/h3,9-12H,1,4-8H2,2H3. The largest absolute Gasteiger partial charge is 0.396 e. The summed E-state index contributed by atoms with van der Waals surface area (Å²) in [5.41, 5.74) is 0. The molecule has 2 heteroatoms. The first-order valence-electron chi connectivity index (χ1n) is 4.58. The molecule has 2 unspecified atom stereocenters. The average molecular weight is 172 g/mol. The summed E-state index contributed by atoms with van der Waals surface area (Å²) >= 11 is 0. The highest BCUT2D eigenvalue weighted by Crippen LogP contribution is 2.19. The van der Waals surface area contributed by atoms with Crippen molar-refractivity contribution in [3.8, 4) is 0 Å². The van der Waals surface area contributed by atoms with E-state index in [0.717, 1.165) is 19.3 Å². The first-order chi connectivity index (χ1) is 5.76. The van der Waals surface area contributed by atoms with Gasteiger partial charge in [0.1, 0.15) is 0 Å². The summed E-state index contributed by atoms with van der Waals surface area (Å²) in [5.74, 6) is 0.718. The normalized spacial score (nSPS) is 15.6. The summed E-state index contributed by atoms with van der Waals surface area (Å²) in [6.07, 6.45) is 4.57. The van der Waals surface area contributed by atoms with Gasteiger partial charge in [-0.15, -0.1) is 6.58 Å². The van der Waals surface area contributed by atoms with Crippen LogP contribution in [-0.4, -0.2) is 23.4 Å². The van der Waals surface area contributed by atoms with Crippen LogP contribution in [0.2, 0.25) is 0 Å². The molecule has 0 amide bonds. The van der Waals surface area contributed by atoms with E-state index >= 15 is 0 Å². The average Bonchev–Trinajstić information content (AvgIpc) is 2.06. The van der Waals surface area contributed by atoms with Crippen molar-refractivity contribution in [2.75, 3.05) is 13.2 Å². The highest BCUT2D eigenvalue weighted by Gasteiger charge is 2.14. The molecule has 0 aliphatic carbocycles. The second-order valence-corrected chi connectivity index (χ2v) is 3.30. The molecule has 2 N–H and O–H groups in total. The zero-order valence-corrected chi connectivity index (χ0v) is 7.87. The molecule has 0 fully saturated rings. The molecule has 0 spiro atoms. The fraction of sp³-hybridized carbons (Fsp3) is 0.800. The fourth-order valence-corrected chi connectivity index (χ4v) is 1.33. The molecule has 0 saturated heterocycles. The van der Waals surface area contributed by atoms with Gasteiger partial charge in [0.05, 0.1) is 0 Å². The molecule has 12 heavy (non-hydrogen) atoms. The maximum absolute atomic E-state index is 9.03. The molecule has 0 bridgehead atoms. The minimum Gasteiger partial charge on any atom is -0.396 e. The fourth-order valence-electron chi connectivity index (χ4n) is 1.33. The Morgan fingerprint density at radius 1 is 1.33 bits per heavy atom. The Labute approximate surface area is 74.9 Å². The first kappa shape index (κ1) is 11.7. The Hall–Kier alpha value is -0.340. The topological polar surface area (TPSA) is 40.5 Å². The van der Waals surface area contributed by atoms with Gasteiger partial charge in [-0.05, 0) is 31.1 Å². The smallest absolute Gasteiger partial charge is 0.0461 e. The second kappa shape index (κ2) is 7.32. The molecule has 2 atom stereocenters. The molecule has 2 nitrogen and oxygen atoms in total. The molecule has 0 aromatic carbocycles. The summed E-state index contributed by atoms with van der Waals surface area (Å²) in [6, 6.07) is 0. The van der Waals surface area contributed by atoms with Crippen LogP contribution in [0.5, 0.6) is 0 Å². The summed E-state index contributed by atoms with van der Waals surface area (Å²) in [4.78, 5) is 0. The zero-order valence-electron chi connectivity index (χ0n) is 7.87. The number of hydrogen-bond acceptors (Lipinski definition) is 2. The van der Waals surface area contributed by atoms with Gasteiger partial charge in [0.25, 0.3) is 0 Å². The van der Waals surface area contributed by atoms with E-state index in [0.29, 0.717) is 11.8 Å². The van der Waals surface area contributed by atoms with E-state index in [-0.39, 0.29) is 13.2 Å². The van der Waals surface area contributed by atoms with Crippen molar-refractivity contribution >= 4 is 0 Å². The van der Waals surface area contributed by atoms with Gasteiger partial charge in [0.15, 0.2) is 0 Å². The Balaban J connectivity index is 3.69. The van der Waals surface area contributed by atoms with Crippen LogP contribution in [0.15, 0.2) is 12.7 Å². The lowest BCUT2D eigenvalue weighted by Gasteiger charge is -2.20. The predicted octanol–water partition coefficient (Wildman–Crippen LogP) is 1.58. The SMILES string of the molecule is C=CCCC(CO)C(C)CCO. The maximum atomic E-state index is 9.03. The molecule has 0 rings (SSSR count). The summed E-state index contributed by atoms with van der Waals surface area (Å²) < 4.78 is 0. The summed E-state index contributed by atoms with van der Waals surface area (Å²) in [5, 5.41) is 17.7. The summed E-state index contributed by atoms with van der Waals surface area (Å²) in [6.45, 7) is 6.14. The molecule has 0 aromatic heterocycles. The Morgan fingerprint density at radius 3 is 2.42 bits per heavy atom. The van der Waals surface area contributed by atoms with Crippen LogP contribution in [0.1, 0.15) is 26.2 Å². The van der Waals surface area contributed by atoms with Gasteiger partial charge in [-0.1, -0.05) is 13.0 Å². The molecular formula is C10H20O2. The molecule has 0 radical (unpaired) electrons. The van der Waals surface area contributed by atoms with Gasteiger partial charge in [-0.3, -0.25) is 0 Å². The van der Waals surface area contributed by atoms with Crippen LogP contribution >= 0.6 is 0 Å². The third-order valence-corrected chi connectivity index (χ3v) is 2.37. The lowest BCUT2D eigenvalue weighted by atomic mass is 9.88. The van der Waals surface area contributed by atoms with Crippen molar-refractivity contribution in [2.45, 2.75) is 26.2 Å². The van der Waals surface area contributed by atoms with Gasteiger partial charge in [0, 0.05) is 13.2 Å². The van der Waals surface area contributed by atoms with Crippen molar-refractivity contribution in [2.24, 2.45) is 11.8 Å². The van der Waals surface area contributed by atoms with Crippen molar-refractivity contribution in [1.29, 1.82) is 0 Å². The number of hydrogen-bond donors (Lipinski definition) is 2. The minimum absolute atomic E-state index is 0.214. The van der Waals surface area contributed by atoms with Gasteiger partial charge in [-0.25, -0.2) is 0 Å². The van der Waals surface area contributed by atoms with E-state index in [1.165, 1.54) is 0 Å². The van der Waals surface area contributed by atoms with Crippen LogP contribution in [0.3, 0.4) is 0 Å². The van der Waals surface area contributed by atoms with Crippen molar-refractivity contribution in [3.05, 3.63) is 12.7 Å². The molecular weight excluding hydrogens is 152 g/mol. The van der Waals surface area contributed by atoms with E-state index in [1.807, 2.05) is 6.08 Å². The Kier molecular flexibility index (Phi) is 7.11. The van der Waals surface area contributed by atoms with E-state index in [1.54, 1.807) is 0 Å². The van der Waals surface area contributed by atoms with Gasteiger partial charge in [0.2, 0.25) is 0 Å². The van der Waals surface area contributed by atoms with Crippen molar-refractivity contribution in [1.82, 2.24) is 0 Å². The minimum atomic E-state index is 0.214. The molecule has 0 heterocycles. The van der Waals surface area contributed by atoms with Crippen LogP contribution in [0.4, 0.5) is 0 Å². The van der Waals surface area contributed by atoms with E-state index < -0.39 is 0 Å². The quantitative estimate of drug-likeness (QED) is 0.572. The van der Waals surface area contributed by atoms with E-state index in [9.17, 15) is 0 Å². The number of aliphatic hydroxyl groups is 2. The van der Waals surface area contributed by atoms with Gasteiger partial charge < -0.3 is 10.2 Å². The van der Waals surface area contributed by atoms with E-state index in [2.05, 4.69) is 13.5 Å². The summed E-state index contributed by atoms with van der Waals surface area (Å²) in [7, 11) is 0.